The standard InChI is InChI=1S/C22H26N4O2/c1-14-3-5-16(6-4-14)9-21(27)26-18-7-8-19(26)11-17(10-18)25-22(28)20-13-23-15(2)12-24-20/h3-6,12-13,17-19H,7-11H2,1-2H3,(H,25,28). The first-order chi connectivity index (χ1) is 13.5. The van der Waals surface area contributed by atoms with Gasteiger partial charge in [0.2, 0.25) is 5.91 Å². The molecule has 1 aromatic heterocycles. The van der Waals surface area contributed by atoms with Gasteiger partial charge in [-0.15, -0.1) is 0 Å². The highest BCUT2D eigenvalue weighted by molar-refractivity contribution is 5.92. The van der Waals surface area contributed by atoms with E-state index in [-0.39, 0.29) is 29.9 Å². The van der Waals surface area contributed by atoms with E-state index in [0.29, 0.717) is 12.1 Å². The average Bonchev–Trinajstić information content (AvgIpc) is 2.95. The fraction of sp³-hybridized carbons (Fsp3) is 0.455. The van der Waals surface area contributed by atoms with E-state index in [9.17, 15) is 9.59 Å². The number of hydrogen-bond acceptors (Lipinski definition) is 4. The van der Waals surface area contributed by atoms with E-state index in [1.807, 2.05) is 38.1 Å². The molecule has 2 aromatic rings. The van der Waals surface area contributed by atoms with Crippen LogP contribution in [0.4, 0.5) is 0 Å². The number of nitrogens with zero attached hydrogens (tertiary/aromatic N) is 3. The highest BCUT2D eigenvalue weighted by Gasteiger charge is 2.43. The van der Waals surface area contributed by atoms with Crippen LogP contribution in [0, 0.1) is 13.8 Å². The molecule has 0 spiro atoms. The van der Waals surface area contributed by atoms with Crippen LogP contribution < -0.4 is 5.32 Å². The first kappa shape index (κ1) is 18.6. The Morgan fingerprint density at radius 1 is 1.04 bits per heavy atom. The first-order valence-corrected chi connectivity index (χ1v) is 9.96. The van der Waals surface area contributed by atoms with Crippen molar-refractivity contribution in [3.8, 4) is 0 Å². The van der Waals surface area contributed by atoms with Crippen LogP contribution in [0.5, 0.6) is 0 Å². The molecule has 0 aliphatic carbocycles. The number of carbonyl (C=O) groups is 2. The van der Waals surface area contributed by atoms with Crippen LogP contribution in [0.2, 0.25) is 0 Å². The van der Waals surface area contributed by atoms with Gasteiger partial charge in [0.15, 0.2) is 0 Å². The second kappa shape index (κ2) is 7.70. The van der Waals surface area contributed by atoms with Gasteiger partial charge in [0, 0.05) is 24.3 Å². The molecule has 6 nitrogen and oxygen atoms in total. The third-order valence-electron chi connectivity index (χ3n) is 5.85. The summed E-state index contributed by atoms with van der Waals surface area (Å²) in [6.45, 7) is 3.89. The molecule has 2 saturated heterocycles. The number of carbonyl (C=O) groups excluding carboxylic acids is 2. The van der Waals surface area contributed by atoms with Gasteiger partial charge in [0.1, 0.15) is 5.69 Å². The van der Waals surface area contributed by atoms with E-state index < -0.39 is 0 Å². The van der Waals surface area contributed by atoms with Crippen LogP contribution in [0.15, 0.2) is 36.7 Å². The molecule has 146 valence electrons. The number of amides is 2. The molecule has 1 N–H and O–H groups in total. The van der Waals surface area contributed by atoms with Crippen LogP contribution in [0.3, 0.4) is 0 Å². The number of aromatic nitrogens is 2. The lowest BCUT2D eigenvalue weighted by atomic mass is 9.96. The molecule has 4 rings (SSSR count). The Kier molecular flexibility index (Phi) is 5.11. The van der Waals surface area contributed by atoms with E-state index in [2.05, 4.69) is 20.2 Å². The molecule has 2 bridgehead atoms. The van der Waals surface area contributed by atoms with E-state index in [4.69, 9.17) is 0 Å². The number of rotatable bonds is 4. The first-order valence-electron chi connectivity index (χ1n) is 9.96. The number of nitrogens with one attached hydrogen (secondary N) is 1. The zero-order valence-corrected chi connectivity index (χ0v) is 16.4. The number of hydrogen-bond donors (Lipinski definition) is 1. The molecule has 28 heavy (non-hydrogen) atoms. The van der Waals surface area contributed by atoms with Gasteiger partial charge in [-0.05, 0) is 45.1 Å². The Morgan fingerprint density at radius 2 is 1.71 bits per heavy atom. The second-order valence-corrected chi connectivity index (χ2v) is 8.03. The van der Waals surface area contributed by atoms with Crippen LogP contribution in [0.1, 0.15) is 53.0 Å². The molecular formula is C22H26N4O2. The van der Waals surface area contributed by atoms with Gasteiger partial charge in [0.05, 0.1) is 18.3 Å². The topological polar surface area (TPSA) is 75.2 Å². The van der Waals surface area contributed by atoms with Crippen molar-refractivity contribution >= 4 is 11.8 Å². The summed E-state index contributed by atoms with van der Waals surface area (Å²) in [4.78, 5) is 35.7. The second-order valence-electron chi connectivity index (χ2n) is 8.03. The van der Waals surface area contributed by atoms with Crippen LogP contribution in [-0.2, 0) is 11.2 Å². The highest BCUT2D eigenvalue weighted by atomic mass is 16.2. The predicted molar refractivity (Wildman–Crippen MR) is 106 cm³/mol. The molecule has 1 aromatic carbocycles. The quantitative estimate of drug-likeness (QED) is 0.887. The van der Waals surface area contributed by atoms with E-state index in [1.54, 1.807) is 6.20 Å². The van der Waals surface area contributed by atoms with E-state index in [1.165, 1.54) is 11.8 Å². The average molecular weight is 378 g/mol. The zero-order valence-electron chi connectivity index (χ0n) is 16.4. The number of benzene rings is 1. The van der Waals surface area contributed by atoms with Gasteiger partial charge in [-0.3, -0.25) is 14.6 Å². The summed E-state index contributed by atoms with van der Waals surface area (Å²) >= 11 is 0. The van der Waals surface area contributed by atoms with Crippen molar-refractivity contribution in [1.29, 1.82) is 0 Å². The minimum absolute atomic E-state index is 0.0801. The summed E-state index contributed by atoms with van der Waals surface area (Å²) in [5.41, 5.74) is 3.39. The Hall–Kier alpha value is -2.76. The fourth-order valence-electron chi connectivity index (χ4n) is 4.44. The van der Waals surface area contributed by atoms with Gasteiger partial charge in [0.25, 0.3) is 5.91 Å². The molecule has 0 radical (unpaired) electrons. The number of fused-ring (bicyclic) bond motifs is 2. The molecule has 2 amide bonds. The Balaban J connectivity index is 1.37. The molecule has 2 atom stereocenters. The van der Waals surface area contributed by atoms with Gasteiger partial charge in [-0.25, -0.2) is 4.98 Å². The molecule has 2 unspecified atom stereocenters. The fourth-order valence-corrected chi connectivity index (χ4v) is 4.44. The van der Waals surface area contributed by atoms with Crippen molar-refractivity contribution in [1.82, 2.24) is 20.2 Å². The third-order valence-corrected chi connectivity index (χ3v) is 5.85. The Morgan fingerprint density at radius 3 is 2.32 bits per heavy atom. The maximum absolute atomic E-state index is 12.9. The van der Waals surface area contributed by atoms with Crippen LogP contribution in [0.25, 0.3) is 0 Å². The van der Waals surface area contributed by atoms with Crippen molar-refractivity contribution in [2.24, 2.45) is 0 Å². The minimum Gasteiger partial charge on any atom is -0.348 e. The minimum atomic E-state index is -0.184. The van der Waals surface area contributed by atoms with Crippen molar-refractivity contribution in [2.45, 2.75) is 64.1 Å². The maximum Gasteiger partial charge on any atom is 0.271 e. The highest BCUT2D eigenvalue weighted by Crippen LogP contribution is 2.36. The molecule has 2 aliphatic heterocycles. The van der Waals surface area contributed by atoms with Crippen LogP contribution >= 0.6 is 0 Å². The van der Waals surface area contributed by atoms with Crippen molar-refractivity contribution in [3.63, 3.8) is 0 Å². The lowest BCUT2D eigenvalue weighted by molar-refractivity contribution is -0.135. The largest absolute Gasteiger partial charge is 0.348 e. The smallest absolute Gasteiger partial charge is 0.271 e. The number of aryl methyl sites for hydroxylation is 2. The normalized spacial score (nSPS) is 23.5. The summed E-state index contributed by atoms with van der Waals surface area (Å²) in [5.74, 6) is 0.0156. The lowest BCUT2D eigenvalue weighted by Crippen LogP contribution is -2.52. The predicted octanol–water partition coefficient (Wildman–Crippen LogP) is 2.59. The molecule has 2 fully saturated rings. The molecule has 3 heterocycles. The van der Waals surface area contributed by atoms with Crippen LogP contribution in [-0.4, -0.2) is 44.8 Å². The van der Waals surface area contributed by atoms with Gasteiger partial charge in [-0.2, -0.15) is 0 Å². The monoisotopic (exact) mass is 378 g/mol. The van der Waals surface area contributed by atoms with Crippen molar-refractivity contribution in [2.75, 3.05) is 0 Å². The Bertz CT molecular complexity index is 849. The SMILES string of the molecule is Cc1ccc(CC(=O)N2C3CCC2CC(NC(=O)c2cnc(C)cn2)C3)cc1. The summed E-state index contributed by atoms with van der Waals surface area (Å²) in [6, 6.07) is 8.67. The summed E-state index contributed by atoms with van der Waals surface area (Å²) < 4.78 is 0. The van der Waals surface area contributed by atoms with E-state index in [0.717, 1.165) is 36.9 Å². The zero-order chi connectivity index (χ0) is 19.7. The molecular weight excluding hydrogens is 352 g/mol. The van der Waals surface area contributed by atoms with E-state index >= 15 is 0 Å². The van der Waals surface area contributed by atoms with Gasteiger partial charge < -0.3 is 10.2 Å². The summed E-state index contributed by atoms with van der Waals surface area (Å²) in [7, 11) is 0. The summed E-state index contributed by atoms with van der Waals surface area (Å²) in [6.07, 6.45) is 7.21. The summed E-state index contributed by atoms with van der Waals surface area (Å²) in [5, 5.41) is 3.09. The maximum atomic E-state index is 12.9. The lowest BCUT2D eigenvalue weighted by Gasteiger charge is -2.39. The van der Waals surface area contributed by atoms with Gasteiger partial charge >= 0.3 is 0 Å². The van der Waals surface area contributed by atoms with Gasteiger partial charge in [-0.1, -0.05) is 29.8 Å². The molecule has 2 aliphatic rings. The Labute approximate surface area is 165 Å². The molecule has 6 heteroatoms. The number of piperidine rings is 1. The third kappa shape index (κ3) is 3.91. The van der Waals surface area contributed by atoms with Crippen molar-refractivity contribution in [3.05, 3.63) is 59.2 Å². The van der Waals surface area contributed by atoms with Crippen molar-refractivity contribution < 1.29 is 9.59 Å². The molecule has 0 saturated carbocycles.